The molecule has 0 fully saturated rings. The van der Waals surface area contributed by atoms with Gasteiger partial charge in [-0.05, 0) is 55.5 Å². The molecule has 4 aromatic rings. The van der Waals surface area contributed by atoms with Crippen LogP contribution in [-0.2, 0) is 10.9 Å². The third kappa shape index (κ3) is 5.52. The van der Waals surface area contributed by atoms with Gasteiger partial charge in [0.25, 0.3) is 5.56 Å². The molecule has 4 rings (SSSR count). The number of rotatable bonds is 7. The van der Waals surface area contributed by atoms with Crippen molar-refractivity contribution in [3.63, 3.8) is 0 Å². The number of carbonyl (C=O) groups is 1. The van der Waals surface area contributed by atoms with Crippen molar-refractivity contribution in [2.75, 3.05) is 25.6 Å². The van der Waals surface area contributed by atoms with Crippen molar-refractivity contribution in [3.8, 4) is 5.69 Å². The van der Waals surface area contributed by atoms with Crippen LogP contribution < -0.4 is 10.9 Å². The molecule has 0 spiro atoms. The monoisotopic (exact) mass is 528 g/mol. The summed E-state index contributed by atoms with van der Waals surface area (Å²) < 4.78 is 60.6. The number of hydrogen-bond donors (Lipinski definition) is 1. The zero-order chi connectivity index (χ0) is 27.4. The molecule has 0 saturated carbocycles. The van der Waals surface area contributed by atoms with E-state index in [1.165, 1.54) is 53.0 Å². The summed E-state index contributed by atoms with van der Waals surface area (Å²) in [6, 6.07) is 14.7. The molecule has 1 unspecified atom stereocenters. The molecule has 7 nitrogen and oxygen atoms in total. The van der Waals surface area contributed by atoms with Gasteiger partial charge in [0.05, 0.1) is 40.5 Å². The number of carbonyl (C=O) groups excluding carboxylic acids is 1. The fraction of sp³-hybridized carbons (Fsp3) is 0.222. The Balaban J connectivity index is 1.82. The molecular formula is C27H24F4N4O3. The minimum Gasteiger partial charge on any atom is -0.383 e. The van der Waals surface area contributed by atoms with Gasteiger partial charge in [0, 0.05) is 13.7 Å². The van der Waals surface area contributed by atoms with E-state index < -0.39 is 40.9 Å². The first-order valence-corrected chi connectivity index (χ1v) is 11.6. The van der Waals surface area contributed by atoms with Gasteiger partial charge in [0.1, 0.15) is 11.6 Å². The van der Waals surface area contributed by atoms with E-state index in [9.17, 15) is 27.2 Å². The molecule has 38 heavy (non-hydrogen) atoms. The lowest BCUT2D eigenvalue weighted by Crippen LogP contribution is -2.41. The van der Waals surface area contributed by atoms with Crippen molar-refractivity contribution < 1.29 is 27.1 Å². The summed E-state index contributed by atoms with van der Waals surface area (Å²) in [4.78, 5) is 32.8. The summed E-state index contributed by atoms with van der Waals surface area (Å²) in [6.45, 7) is 1.64. The molecule has 1 N–H and O–H groups in total. The van der Waals surface area contributed by atoms with Crippen LogP contribution in [0.2, 0.25) is 0 Å². The van der Waals surface area contributed by atoms with E-state index in [1.807, 2.05) is 0 Å². The zero-order valence-corrected chi connectivity index (χ0v) is 20.5. The number of para-hydroxylation sites is 2. The zero-order valence-electron chi connectivity index (χ0n) is 20.5. The molecule has 0 aliphatic heterocycles. The smallest absolute Gasteiger partial charge is 0.383 e. The quantitative estimate of drug-likeness (QED) is 0.309. The van der Waals surface area contributed by atoms with E-state index in [2.05, 4.69) is 10.3 Å². The van der Waals surface area contributed by atoms with Crippen LogP contribution in [0.15, 0.2) is 77.6 Å². The number of amides is 2. The van der Waals surface area contributed by atoms with Gasteiger partial charge in [-0.3, -0.25) is 9.36 Å². The van der Waals surface area contributed by atoms with Gasteiger partial charge in [-0.15, -0.1) is 0 Å². The molecule has 11 heteroatoms. The lowest BCUT2D eigenvalue weighted by atomic mass is 10.1. The van der Waals surface area contributed by atoms with Crippen LogP contribution in [0.5, 0.6) is 0 Å². The van der Waals surface area contributed by atoms with Crippen molar-refractivity contribution in [2.45, 2.75) is 19.1 Å². The fourth-order valence-electron chi connectivity index (χ4n) is 4.10. The lowest BCUT2D eigenvalue weighted by molar-refractivity contribution is -0.136. The average molecular weight is 529 g/mol. The summed E-state index contributed by atoms with van der Waals surface area (Å²) in [6.07, 6.45) is -4.68. The highest BCUT2D eigenvalue weighted by Gasteiger charge is 2.34. The predicted octanol–water partition coefficient (Wildman–Crippen LogP) is 5.79. The molecule has 0 saturated heterocycles. The number of hydrogen-bond acceptors (Lipinski definition) is 4. The number of nitrogens with zero attached hydrogens (tertiary/aromatic N) is 3. The summed E-state index contributed by atoms with van der Waals surface area (Å²) in [5.74, 6) is -0.370. The molecule has 3 aromatic carbocycles. The first kappa shape index (κ1) is 26.8. The summed E-state index contributed by atoms with van der Waals surface area (Å²) in [5.41, 5.74) is -1.18. The van der Waals surface area contributed by atoms with E-state index in [0.717, 1.165) is 12.1 Å². The van der Waals surface area contributed by atoms with Gasteiger partial charge in [-0.2, -0.15) is 13.2 Å². The number of alkyl halides is 3. The highest BCUT2D eigenvalue weighted by atomic mass is 19.4. The van der Waals surface area contributed by atoms with Crippen molar-refractivity contribution in [2.24, 2.45) is 0 Å². The molecule has 1 heterocycles. The van der Waals surface area contributed by atoms with E-state index >= 15 is 0 Å². The van der Waals surface area contributed by atoms with Crippen LogP contribution in [0.25, 0.3) is 16.6 Å². The maximum Gasteiger partial charge on any atom is 0.418 e. The SMILES string of the molecule is COCCN(C(=O)Nc1ccccc1C(F)(F)F)C(C)c1nc2ccccc2c(=O)n1-c1ccc(F)cc1. The molecule has 1 aromatic heterocycles. The topological polar surface area (TPSA) is 76.5 Å². The maximum absolute atomic E-state index is 13.7. The van der Waals surface area contributed by atoms with Crippen molar-refractivity contribution in [3.05, 3.63) is 100 Å². The Morgan fingerprint density at radius 1 is 1.05 bits per heavy atom. The van der Waals surface area contributed by atoms with Crippen LogP contribution in [0, 0.1) is 5.82 Å². The van der Waals surface area contributed by atoms with Crippen molar-refractivity contribution in [1.29, 1.82) is 0 Å². The number of urea groups is 1. The Kier molecular flexibility index (Phi) is 7.77. The minimum absolute atomic E-state index is 0.0240. The van der Waals surface area contributed by atoms with Crippen LogP contribution in [0.3, 0.4) is 0 Å². The summed E-state index contributed by atoms with van der Waals surface area (Å²) in [5, 5.41) is 2.65. The standard InChI is InChI=1S/C27H24F4N4O3/c1-17(34(15-16-38-2)26(37)33-23-10-6-4-8-21(23)27(29,30)31)24-32-22-9-5-3-7-20(22)25(36)35(24)19-13-11-18(28)12-14-19/h3-14,17H,15-16H2,1-2H3,(H,33,37). The largest absolute Gasteiger partial charge is 0.418 e. The number of aromatic nitrogens is 2. The maximum atomic E-state index is 13.7. The van der Waals surface area contributed by atoms with Crippen molar-refractivity contribution >= 4 is 22.6 Å². The molecule has 0 bridgehead atoms. The van der Waals surface area contributed by atoms with E-state index in [4.69, 9.17) is 4.74 Å². The van der Waals surface area contributed by atoms with Crippen molar-refractivity contribution in [1.82, 2.24) is 14.5 Å². The second-order valence-corrected chi connectivity index (χ2v) is 8.44. The molecule has 1 atom stereocenters. The normalized spacial score (nSPS) is 12.4. The third-order valence-corrected chi connectivity index (χ3v) is 6.00. The lowest BCUT2D eigenvalue weighted by Gasteiger charge is -2.31. The Morgan fingerprint density at radius 2 is 1.71 bits per heavy atom. The average Bonchev–Trinajstić information content (AvgIpc) is 2.89. The Morgan fingerprint density at radius 3 is 2.39 bits per heavy atom. The van der Waals surface area contributed by atoms with Gasteiger partial charge in [-0.25, -0.2) is 14.2 Å². The second kappa shape index (κ2) is 11.0. The first-order valence-electron chi connectivity index (χ1n) is 11.6. The Hall–Kier alpha value is -4.25. The van der Waals surface area contributed by atoms with E-state index in [1.54, 1.807) is 31.2 Å². The first-order chi connectivity index (χ1) is 18.1. The van der Waals surface area contributed by atoms with Gasteiger partial charge in [0.2, 0.25) is 0 Å². The highest BCUT2D eigenvalue weighted by molar-refractivity contribution is 5.90. The fourth-order valence-corrected chi connectivity index (χ4v) is 4.10. The number of nitrogens with one attached hydrogen (secondary N) is 1. The minimum atomic E-state index is -4.68. The highest BCUT2D eigenvalue weighted by Crippen LogP contribution is 2.35. The van der Waals surface area contributed by atoms with Gasteiger partial charge < -0.3 is 15.0 Å². The molecular weight excluding hydrogens is 504 g/mol. The third-order valence-electron chi connectivity index (χ3n) is 6.00. The number of ether oxygens (including phenoxy) is 1. The van der Waals surface area contributed by atoms with Crippen LogP contribution in [0.1, 0.15) is 24.4 Å². The summed E-state index contributed by atoms with van der Waals surface area (Å²) >= 11 is 0. The molecule has 198 valence electrons. The number of methoxy groups -OCH3 is 1. The van der Waals surface area contributed by atoms with Crippen LogP contribution >= 0.6 is 0 Å². The van der Waals surface area contributed by atoms with Crippen LogP contribution in [-0.4, -0.2) is 40.7 Å². The predicted molar refractivity (Wildman–Crippen MR) is 135 cm³/mol. The molecule has 2 amide bonds. The summed E-state index contributed by atoms with van der Waals surface area (Å²) in [7, 11) is 1.42. The van der Waals surface area contributed by atoms with E-state index in [-0.39, 0.29) is 19.0 Å². The van der Waals surface area contributed by atoms with Gasteiger partial charge in [-0.1, -0.05) is 24.3 Å². The number of anilines is 1. The van der Waals surface area contributed by atoms with Gasteiger partial charge in [0.15, 0.2) is 0 Å². The number of halogens is 4. The number of fused-ring (bicyclic) bond motifs is 1. The van der Waals surface area contributed by atoms with E-state index in [0.29, 0.717) is 16.6 Å². The molecule has 0 radical (unpaired) electrons. The van der Waals surface area contributed by atoms with Gasteiger partial charge >= 0.3 is 12.2 Å². The Labute approximate surface area is 215 Å². The second-order valence-electron chi connectivity index (χ2n) is 8.44. The molecule has 0 aliphatic carbocycles. The van der Waals surface area contributed by atoms with Crippen LogP contribution in [0.4, 0.5) is 28.0 Å². The number of benzene rings is 3. The Bertz CT molecular complexity index is 1500. The molecule has 0 aliphatic rings.